The Morgan fingerprint density at radius 2 is 1.86 bits per heavy atom. The van der Waals surface area contributed by atoms with Gasteiger partial charge >= 0.3 is 0 Å². The number of rotatable bonds is 4. The maximum absolute atomic E-state index is 5.72. The van der Waals surface area contributed by atoms with E-state index in [0.717, 1.165) is 17.1 Å². The van der Waals surface area contributed by atoms with E-state index in [1.807, 2.05) is 42.6 Å². The van der Waals surface area contributed by atoms with Gasteiger partial charge in [-0.3, -0.25) is 9.98 Å². The smallest absolute Gasteiger partial charge is 0.0632 e. The predicted molar refractivity (Wildman–Crippen MR) is 88.4 cm³/mol. The second-order valence-electron chi connectivity index (χ2n) is 4.20. The molecule has 0 unspecified atom stereocenters. The van der Waals surface area contributed by atoms with Crippen molar-refractivity contribution in [3.63, 3.8) is 0 Å². The molecule has 104 valence electrons. The molecule has 0 aliphatic rings. The molecule has 0 atom stereocenters. The number of nitrogens with two attached hydrogens (primary N) is 1. The summed E-state index contributed by atoms with van der Waals surface area (Å²) in [7, 11) is 0. The van der Waals surface area contributed by atoms with Crippen LogP contribution in [0.3, 0.4) is 0 Å². The van der Waals surface area contributed by atoms with Crippen LogP contribution in [0.15, 0.2) is 64.4 Å². The van der Waals surface area contributed by atoms with Crippen molar-refractivity contribution >= 4 is 23.8 Å². The third-order valence-corrected chi connectivity index (χ3v) is 2.57. The number of aliphatic imine (C=N–C) groups is 2. The molecule has 0 amide bonds. The first-order chi connectivity index (χ1) is 10.3. The third-order valence-electron chi connectivity index (χ3n) is 2.57. The molecule has 0 aliphatic heterocycles. The first-order valence-electron chi connectivity index (χ1n) is 6.47. The summed E-state index contributed by atoms with van der Waals surface area (Å²) >= 11 is 0. The van der Waals surface area contributed by atoms with Crippen LogP contribution in [-0.4, -0.2) is 17.4 Å². The van der Waals surface area contributed by atoms with Crippen molar-refractivity contribution in [3.8, 4) is 11.8 Å². The van der Waals surface area contributed by atoms with Crippen molar-refractivity contribution in [2.45, 2.75) is 6.92 Å². The molecule has 2 rings (SSSR count). The van der Waals surface area contributed by atoms with Crippen LogP contribution in [0.2, 0.25) is 0 Å². The second-order valence-corrected chi connectivity index (χ2v) is 4.20. The van der Waals surface area contributed by atoms with Crippen molar-refractivity contribution in [2.24, 2.45) is 15.7 Å². The molecule has 1 aromatic heterocycles. The van der Waals surface area contributed by atoms with Crippen molar-refractivity contribution in [1.29, 1.82) is 0 Å². The zero-order valence-electron chi connectivity index (χ0n) is 11.7. The second kappa shape index (κ2) is 7.51. The Hall–Kier alpha value is -3.06. The van der Waals surface area contributed by atoms with Crippen LogP contribution in [0.5, 0.6) is 0 Å². The maximum Gasteiger partial charge on any atom is 0.0632 e. The van der Waals surface area contributed by atoms with Crippen LogP contribution in [-0.2, 0) is 0 Å². The molecule has 3 N–H and O–H groups in total. The SMILES string of the molecule is CC#C/C=C(\N)C=Nc1ccc(N=Cc2ccc[nH]2)cc1. The zero-order valence-corrected chi connectivity index (χ0v) is 11.7. The summed E-state index contributed by atoms with van der Waals surface area (Å²) in [6, 6.07) is 11.5. The van der Waals surface area contributed by atoms with Gasteiger partial charge in [0.2, 0.25) is 0 Å². The fourth-order valence-corrected chi connectivity index (χ4v) is 1.54. The van der Waals surface area contributed by atoms with Crippen LogP contribution in [0.4, 0.5) is 11.4 Å². The highest BCUT2D eigenvalue weighted by molar-refractivity contribution is 5.81. The predicted octanol–water partition coefficient (Wildman–Crippen LogP) is 3.33. The molecular formula is C17H16N4. The highest BCUT2D eigenvalue weighted by atomic mass is 14.8. The topological polar surface area (TPSA) is 66.5 Å². The molecule has 0 bridgehead atoms. The number of aromatic amines is 1. The van der Waals surface area contributed by atoms with Gasteiger partial charge in [-0.2, -0.15) is 0 Å². The van der Waals surface area contributed by atoms with Gasteiger partial charge in [0.05, 0.1) is 35.2 Å². The van der Waals surface area contributed by atoms with Crippen LogP contribution in [0.1, 0.15) is 12.6 Å². The molecule has 21 heavy (non-hydrogen) atoms. The number of hydrogen-bond acceptors (Lipinski definition) is 3. The van der Waals surface area contributed by atoms with Crippen LogP contribution in [0, 0.1) is 11.8 Å². The lowest BCUT2D eigenvalue weighted by Gasteiger charge is -1.96. The Labute approximate surface area is 124 Å². The number of H-pyrrole nitrogens is 1. The van der Waals surface area contributed by atoms with Gasteiger partial charge in [0.1, 0.15) is 0 Å². The number of nitrogens with one attached hydrogen (secondary N) is 1. The number of allylic oxidation sites excluding steroid dienone is 2. The molecule has 2 aromatic rings. The van der Waals surface area contributed by atoms with Crippen LogP contribution >= 0.6 is 0 Å². The largest absolute Gasteiger partial charge is 0.397 e. The van der Waals surface area contributed by atoms with E-state index in [4.69, 9.17) is 5.73 Å². The fraction of sp³-hybridized carbons (Fsp3) is 0.0588. The van der Waals surface area contributed by atoms with Gasteiger partial charge < -0.3 is 10.7 Å². The Kier molecular flexibility index (Phi) is 5.13. The van der Waals surface area contributed by atoms with Crippen molar-refractivity contribution in [2.75, 3.05) is 0 Å². The van der Waals surface area contributed by atoms with Crippen LogP contribution in [0.25, 0.3) is 0 Å². The molecule has 0 radical (unpaired) electrons. The summed E-state index contributed by atoms with van der Waals surface area (Å²) in [6.07, 6.45) is 6.85. The minimum atomic E-state index is 0.526. The van der Waals surface area contributed by atoms with E-state index < -0.39 is 0 Å². The molecule has 0 spiro atoms. The van der Waals surface area contributed by atoms with Crippen LogP contribution < -0.4 is 5.73 Å². The molecule has 1 aromatic carbocycles. The van der Waals surface area contributed by atoms with E-state index in [1.165, 1.54) is 0 Å². The summed E-state index contributed by atoms with van der Waals surface area (Å²) in [6.45, 7) is 1.76. The number of aromatic nitrogens is 1. The summed E-state index contributed by atoms with van der Waals surface area (Å²) in [5.74, 6) is 5.52. The van der Waals surface area contributed by atoms with Gasteiger partial charge in [0.15, 0.2) is 0 Å². The minimum absolute atomic E-state index is 0.526. The zero-order chi connectivity index (χ0) is 14.9. The van der Waals surface area contributed by atoms with E-state index in [9.17, 15) is 0 Å². The molecule has 1 heterocycles. The van der Waals surface area contributed by atoms with Gasteiger partial charge in [0, 0.05) is 12.3 Å². The molecule has 4 nitrogen and oxygen atoms in total. The Balaban J connectivity index is 2.01. The molecule has 0 saturated carbocycles. The van der Waals surface area contributed by atoms with Gasteiger partial charge in [-0.1, -0.05) is 5.92 Å². The van der Waals surface area contributed by atoms with Gasteiger partial charge in [-0.15, -0.1) is 5.92 Å². The summed E-state index contributed by atoms with van der Waals surface area (Å²) in [4.78, 5) is 11.7. The summed E-state index contributed by atoms with van der Waals surface area (Å²) in [5.41, 5.74) is 8.89. The Morgan fingerprint density at radius 3 is 2.48 bits per heavy atom. The van der Waals surface area contributed by atoms with Crippen molar-refractivity contribution in [3.05, 3.63) is 60.1 Å². The number of hydrogen-bond donors (Lipinski definition) is 2. The number of benzene rings is 1. The monoisotopic (exact) mass is 276 g/mol. The van der Waals surface area contributed by atoms with E-state index in [0.29, 0.717) is 5.70 Å². The number of nitrogens with zero attached hydrogens (tertiary/aromatic N) is 2. The average Bonchev–Trinajstić information content (AvgIpc) is 3.03. The first-order valence-corrected chi connectivity index (χ1v) is 6.47. The Bertz CT molecular complexity index is 708. The lowest BCUT2D eigenvalue weighted by atomic mass is 10.3. The maximum atomic E-state index is 5.72. The van der Waals surface area contributed by atoms with Crippen molar-refractivity contribution < 1.29 is 0 Å². The van der Waals surface area contributed by atoms with Gasteiger partial charge in [0.25, 0.3) is 0 Å². The normalized spacial score (nSPS) is 11.8. The Morgan fingerprint density at radius 1 is 1.14 bits per heavy atom. The van der Waals surface area contributed by atoms with E-state index in [2.05, 4.69) is 26.8 Å². The van der Waals surface area contributed by atoms with Crippen molar-refractivity contribution in [1.82, 2.24) is 4.98 Å². The summed E-state index contributed by atoms with van der Waals surface area (Å²) in [5, 5.41) is 0. The van der Waals surface area contributed by atoms with E-state index >= 15 is 0 Å². The quantitative estimate of drug-likeness (QED) is 0.652. The summed E-state index contributed by atoms with van der Waals surface area (Å²) < 4.78 is 0. The van der Waals surface area contributed by atoms with Gasteiger partial charge in [-0.05, 0) is 43.3 Å². The molecule has 4 heteroatoms. The fourth-order valence-electron chi connectivity index (χ4n) is 1.54. The molecule has 0 aliphatic carbocycles. The first kappa shape index (κ1) is 14.4. The lowest BCUT2D eigenvalue weighted by molar-refractivity contribution is 1.38. The van der Waals surface area contributed by atoms with E-state index in [-0.39, 0.29) is 0 Å². The standard InChI is InChI=1S/C17H16N4/c1-2-3-5-14(18)12-20-15-7-9-16(10-8-15)21-13-17-6-4-11-19-17/h4-13,19H,18H2,1H3/b14-5-,20-12?,21-13?. The minimum Gasteiger partial charge on any atom is -0.397 e. The molecule has 0 fully saturated rings. The highest BCUT2D eigenvalue weighted by Gasteiger charge is 1.91. The van der Waals surface area contributed by atoms with E-state index in [1.54, 1.807) is 25.4 Å². The highest BCUT2D eigenvalue weighted by Crippen LogP contribution is 2.18. The van der Waals surface area contributed by atoms with Gasteiger partial charge in [-0.25, -0.2) is 0 Å². The molecular weight excluding hydrogens is 260 g/mol. The molecule has 0 saturated heterocycles. The average molecular weight is 276 g/mol. The third kappa shape index (κ3) is 4.84. The lowest BCUT2D eigenvalue weighted by Crippen LogP contribution is -1.96.